The number of hydrogen-bond acceptors (Lipinski definition) is 5. The average molecular weight is 463 g/mol. The van der Waals surface area contributed by atoms with Crippen LogP contribution in [-0.4, -0.2) is 61.9 Å². The summed E-state index contributed by atoms with van der Waals surface area (Å²) in [7, 11) is -3.44. The molecule has 5 aliphatic rings. The first kappa shape index (κ1) is 22.2. The maximum atomic E-state index is 13.2. The molecule has 32 heavy (non-hydrogen) atoms. The van der Waals surface area contributed by atoms with Crippen LogP contribution in [0.2, 0.25) is 0 Å². The number of nitrogens with one attached hydrogen (secondary N) is 1. The van der Waals surface area contributed by atoms with Gasteiger partial charge in [-0.25, -0.2) is 13.1 Å². The lowest BCUT2D eigenvalue weighted by Crippen LogP contribution is -2.60. The zero-order valence-corrected chi connectivity index (χ0v) is 19.6. The van der Waals surface area contributed by atoms with E-state index in [-0.39, 0.29) is 30.7 Å². The molecule has 2 atom stereocenters. The fraction of sp³-hybridized carbons (Fsp3) is 0.708. The largest absolute Gasteiger partial charge is 0.483 e. The number of para-hydroxylation sites is 1. The molecule has 7 nitrogen and oxygen atoms in total. The van der Waals surface area contributed by atoms with E-state index in [2.05, 4.69) is 10.8 Å². The predicted molar refractivity (Wildman–Crippen MR) is 121 cm³/mol. The van der Waals surface area contributed by atoms with E-state index < -0.39 is 14.8 Å². The van der Waals surface area contributed by atoms with Crippen molar-refractivity contribution in [3.8, 4) is 5.75 Å². The van der Waals surface area contributed by atoms with Gasteiger partial charge in [-0.05, 0) is 75.8 Å². The molecule has 1 aromatic rings. The number of hydrogen-bond donors (Lipinski definition) is 1. The lowest BCUT2D eigenvalue weighted by Gasteiger charge is -2.42. The lowest BCUT2D eigenvalue weighted by molar-refractivity contribution is -0.140. The van der Waals surface area contributed by atoms with Gasteiger partial charge < -0.3 is 14.4 Å². The number of ether oxygens (including phenoxy) is 2. The van der Waals surface area contributed by atoms with Gasteiger partial charge >= 0.3 is 0 Å². The third kappa shape index (κ3) is 4.29. The first-order valence-electron chi connectivity index (χ1n) is 12.0. The van der Waals surface area contributed by atoms with E-state index in [1.165, 1.54) is 5.56 Å². The number of fused-ring (bicyclic) bond motifs is 5. The van der Waals surface area contributed by atoms with Crippen molar-refractivity contribution >= 4 is 15.9 Å². The molecule has 1 aromatic carbocycles. The van der Waals surface area contributed by atoms with Crippen LogP contribution in [0.1, 0.15) is 69.8 Å². The SMILES string of the molecule is CC1(S(=O)(=O)N[C@H]2CCCN3C(=O)COc4ccccc4[C@H]4CC[C@H](CC4)OC[C@@H]23)CC1. The van der Waals surface area contributed by atoms with Crippen molar-refractivity contribution in [2.75, 3.05) is 19.8 Å². The molecule has 1 amide bonds. The van der Waals surface area contributed by atoms with Crippen molar-refractivity contribution in [3.63, 3.8) is 0 Å². The van der Waals surface area contributed by atoms with E-state index in [1.54, 1.807) is 11.8 Å². The van der Waals surface area contributed by atoms with E-state index in [1.807, 2.05) is 18.2 Å². The Morgan fingerprint density at radius 1 is 1.09 bits per heavy atom. The molecule has 0 radical (unpaired) electrons. The molecule has 3 aliphatic heterocycles. The molecule has 1 saturated heterocycles. The Bertz CT molecular complexity index is 953. The molecule has 2 aliphatic carbocycles. The van der Waals surface area contributed by atoms with Crippen LogP contribution in [0.3, 0.4) is 0 Å². The maximum Gasteiger partial charge on any atom is 0.260 e. The molecule has 2 bridgehead atoms. The maximum absolute atomic E-state index is 13.2. The summed E-state index contributed by atoms with van der Waals surface area (Å²) in [6.07, 6.45) is 6.99. The van der Waals surface area contributed by atoms with Crippen molar-refractivity contribution in [1.29, 1.82) is 0 Å². The molecule has 6 rings (SSSR count). The fourth-order valence-corrected chi connectivity index (χ4v) is 7.04. The fourth-order valence-electron chi connectivity index (χ4n) is 5.44. The number of benzene rings is 1. The molecule has 1 N–H and O–H groups in total. The van der Waals surface area contributed by atoms with Gasteiger partial charge in [0.15, 0.2) is 6.61 Å². The molecule has 3 heterocycles. The quantitative estimate of drug-likeness (QED) is 0.747. The van der Waals surface area contributed by atoms with Gasteiger partial charge in [0.2, 0.25) is 10.0 Å². The third-order valence-corrected chi connectivity index (χ3v) is 10.2. The Balaban J connectivity index is 1.40. The number of piperidine rings is 1. The topological polar surface area (TPSA) is 84.9 Å². The minimum atomic E-state index is -3.44. The van der Waals surface area contributed by atoms with Crippen molar-refractivity contribution < 1.29 is 22.7 Å². The molecule has 0 aromatic heterocycles. The van der Waals surface area contributed by atoms with Crippen molar-refractivity contribution in [2.45, 2.75) is 87.1 Å². The minimum Gasteiger partial charge on any atom is -0.483 e. The van der Waals surface area contributed by atoms with Crippen LogP contribution in [0, 0.1) is 0 Å². The number of nitrogens with zero attached hydrogens (tertiary/aromatic N) is 1. The standard InChI is InChI=1S/C24H34N2O5S/c1-24(12-13-24)32(28,29)25-20-6-4-14-26-21(20)15-30-18-10-8-17(9-11-18)19-5-2-3-7-22(19)31-16-23(26)27/h2-3,5,7,17-18,20-21,25H,4,6,8-16H2,1H3/t17-,18+,20-,21-/m0/s1. The molecular weight excluding hydrogens is 428 g/mol. The summed E-state index contributed by atoms with van der Waals surface area (Å²) in [5.74, 6) is 1.10. The van der Waals surface area contributed by atoms with Crippen LogP contribution in [0.25, 0.3) is 0 Å². The highest BCUT2D eigenvalue weighted by atomic mass is 32.2. The van der Waals surface area contributed by atoms with Crippen molar-refractivity contribution in [2.24, 2.45) is 0 Å². The van der Waals surface area contributed by atoms with Crippen LogP contribution in [0.4, 0.5) is 0 Å². The zero-order valence-electron chi connectivity index (χ0n) is 18.8. The van der Waals surface area contributed by atoms with Gasteiger partial charge in [0.1, 0.15) is 5.75 Å². The Morgan fingerprint density at radius 3 is 2.59 bits per heavy atom. The Kier molecular flexibility index (Phi) is 5.97. The zero-order chi connectivity index (χ0) is 22.3. The Labute approximate surface area is 190 Å². The van der Waals surface area contributed by atoms with Crippen LogP contribution >= 0.6 is 0 Å². The summed E-state index contributed by atoms with van der Waals surface area (Å²) >= 11 is 0. The number of carbonyl (C=O) groups is 1. The Morgan fingerprint density at radius 2 is 1.84 bits per heavy atom. The van der Waals surface area contributed by atoms with E-state index in [0.29, 0.717) is 38.3 Å². The number of amides is 1. The van der Waals surface area contributed by atoms with Crippen LogP contribution in [-0.2, 0) is 19.6 Å². The first-order valence-corrected chi connectivity index (χ1v) is 13.5. The monoisotopic (exact) mass is 462 g/mol. The smallest absolute Gasteiger partial charge is 0.260 e. The molecule has 2 saturated carbocycles. The van der Waals surface area contributed by atoms with Gasteiger partial charge in [-0.3, -0.25) is 4.79 Å². The normalized spacial score (nSPS) is 32.5. The average Bonchev–Trinajstić information content (AvgIpc) is 3.55. The third-order valence-electron chi connectivity index (χ3n) is 7.90. The Hall–Kier alpha value is -1.64. The van der Waals surface area contributed by atoms with E-state index in [9.17, 15) is 13.2 Å². The second-order valence-corrected chi connectivity index (χ2v) is 12.3. The first-order chi connectivity index (χ1) is 15.4. The molecular formula is C24H34N2O5S. The van der Waals surface area contributed by atoms with Gasteiger partial charge in [-0.1, -0.05) is 18.2 Å². The van der Waals surface area contributed by atoms with Crippen molar-refractivity contribution in [1.82, 2.24) is 9.62 Å². The highest BCUT2D eigenvalue weighted by molar-refractivity contribution is 7.91. The summed E-state index contributed by atoms with van der Waals surface area (Å²) in [5.41, 5.74) is 1.18. The van der Waals surface area contributed by atoms with E-state index in [0.717, 1.165) is 37.9 Å². The van der Waals surface area contributed by atoms with Gasteiger partial charge in [-0.15, -0.1) is 0 Å². The van der Waals surface area contributed by atoms with E-state index >= 15 is 0 Å². The summed E-state index contributed by atoms with van der Waals surface area (Å²) in [5, 5.41) is 0. The summed E-state index contributed by atoms with van der Waals surface area (Å²) in [4.78, 5) is 15.0. The van der Waals surface area contributed by atoms with Gasteiger partial charge in [0.25, 0.3) is 5.91 Å². The molecule has 8 heteroatoms. The molecule has 3 fully saturated rings. The summed E-state index contributed by atoms with van der Waals surface area (Å²) in [6, 6.07) is 7.39. The van der Waals surface area contributed by atoms with Gasteiger partial charge in [0, 0.05) is 12.6 Å². The molecule has 0 spiro atoms. The van der Waals surface area contributed by atoms with Gasteiger partial charge in [-0.2, -0.15) is 0 Å². The van der Waals surface area contributed by atoms with Crippen LogP contribution < -0.4 is 9.46 Å². The molecule has 0 unspecified atom stereocenters. The summed E-state index contributed by atoms with van der Waals surface area (Å²) in [6.45, 7) is 2.71. The highest BCUT2D eigenvalue weighted by Crippen LogP contribution is 2.43. The lowest BCUT2D eigenvalue weighted by atomic mass is 9.82. The molecule has 176 valence electrons. The second kappa shape index (κ2) is 8.61. The number of carbonyl (C=O) groups excluding carboxylic acids is 1. The van der Waals surface area contributed by atoms with Crippen LogP contribution in [0.15, 0.2) is 24.3 Å². The van der Waals surface area contributed by atoms with Crippen LogP contribution in [0.5, 0.6) is 5.75 Å². The second-order valence-electron chi connectivity index (χ2n) is 10.1. The number of sulfonamides is 1. The highest BCUT2D eigenvalue weighted by Gasteiger charge is 2.51. The summed E-state index contributed by atoms with van der Waals surface area (Å²) < 4.78 is 40.5. The number of rotatable bonds is 3. The minimum absolute atomic E-state index is 0.0408. The predicted octanol–water partition coefficient (Wildman–Crippen LogP) is 2.95. The van der Waals surface area contributed by atoms with E-state index in [4.69, 9.17) is 9.47 Å². The van der Waals surface area contributed by atoms with Crippen molar-refractivity contribution in [3.05, 3.63) is 29.8 Å². The van der Waals surface area contributed by atoms with Gasteiger partial charge in [0.05, 0.1) is 23.5 Å².